The molecule has 0 fully saturated rings. The Morgan fingerprint density at radius 1 is 0.387 bits per heavy atom. The van der Waals surface area contributed by atoms with Gasteiger partial charge in [-0.3, -0.25) is 0 Å². The van der Waals surface area contributed by atoms with E-state index in [-0.39, 0.29) is 0 Å². The molecular weight excluding hydrogens is 392 g/mol. The summed E-state index contributed by atoms with van der Waals surface area (Å²) in [6.45, 7) is 0. The Balaban J connectivity index is 1.77. The van der Waals surface area contributed by atoms with Gasteiger partial charge in [-0.1, -0.05) is 121 Å². The Bertz CT molecular complexity index is 1220. The number of thiophene rings is 1. The second-order valence-electron chi connectivity index (χ2n) is 7.40. The fourth-order valence-corrected chi connectivity index (χ4v) is 4.70. The summed E-state index contributed by atoms with van der Waals surface area (Å²) in [4.78, 5) is 1.29. The lowest BCUT2D eigenvalue weighted by Crippen LogP contribution is -1.97. The molecule has 0 saturated carbocycles. The van der Waals surface area contributed by atoms with Crippen LogP contribution in [0.1, 0.15) is 22.3 Å². The van der Waals surface area contributed by atoms with Gasteiger partial charge >= 0.3 is 0 Å². The van der Waals surface area contributed by atoms with Crippen LogP contribution in [-0.2, 0) is 0 Å². The summed E-state index contributed by atoms with van der Waals surface area (Å²) in [7, 11) is 0. The molecule has 0 aliphatic rings. The number of rotatable bonds is 5. The Hall–Kier alpha value is -3.68. The highest BCUT2D eigenvalue weighted by molar-refractivity contribution is 7.13. The molecular formula is C30H22S. The van der Waals surface area contributed by atoms with Crippen molar-refractivity contribution in [3.63, 3.8) is 0 Å². The fourth-order valence-electron chi connectivity index (χ4n) is 3.97. The van der Waals surface area contributed by atoms with Crippen molar-refractivity contribution in [2.45, 2.75) is 0 Å². The molecule has 5 aromatic rings. The molecule has 0 aliphatic carbocycles. The minimum Gasteiger partial charge on any atom is -0.144 e. The lowest BCUT2D eigenvalue weighted by atomic mass is 9.85. The van der Waals surface area contributed by atoms with Gasteiger partial charge < -0.3 is 0 Å². The highest BCUT2D eigenvalue weighted by Gasteiger charge is 2.16. The van der Waals surface area contributed by atoms with E-state index in [1.165, 1.54) is 43.8 Å². The van der Waals surface area contributed by atoms with Crippen LogP contribution in [0.25, 0.3) is 21.6 Å². The van der Waals surface area contributed by atoms with E-state index in [1.807, 2.05) is 0 Å². The van der Waals surface area contributed by atoms with Crippen LogP contribution in [-0.4, -0.2) is 0 Å². The Morgan fingerprint density at radius 2 is 0.806 bits per heavy atom. The quantitative estimate of drug-likeness (QED) is 0.253. The largest absolute Gasteiger partial charge is 0.144 e. The van der Waals surface area contributed by atoms with Crippen LogP contribution in [0.2, 0.25) is 0 Å². The summed E-state index contributed by atoms with van der Waals surface area (Å²) in [5, 5.41) is 2.13. The molecule has 0 bridgehead atoms. The first kappa shape index (κ1) is 19.3. The van der Waals surface area contributed by atoms with Crippen molar-refractivity contribution in [1.29, 1.82) is 0 Å². The van der Waals surface area contributed by atoms with E-state index in [0.29, 0.717) is 0 Å². The summed E-state index contributed by atoms with van der Waals surface area (Å²) in [5.41, 5.74) is 8.62. The molecule has 0 saturated heterocycles. The first-order chi connectivity index (χ1) is 15.4. The molecule has 0 N–H and O–H groups in total. The Labute approximate surface area is 187 Å². The minimum absolute atomic E-state index is 1.22. The van der Waals surface area contributed by atoms with Crippen molar-refractivity contribution in [1.82, 2.24) is 0 Å². The van der Waals surface area contributed by atoms with E-state index < -0.39 is 0 Å². The van der Waals surface area contributed by atoms with Crippen LogP contribution in [0.15, 0.2) is 133 Å². The smallest absolute Gasteiger partial charge is 0.0342 e. The molecule has 1 heterocycles. The molecule has 0 nitrogen and oxygen atoms in total. The van der Waals surface area contributed by atoms with E-state index in [4.69, 9.17) is 0 Å². The lowest BCUT2D eigenvalue weighted by molar-refractivity contribution is 1.50. The zero-order chi connectivity index (χ0) is 20.9. The van der Waals surface area contributed by atoms with Gasteiger partial charge in [0.05, 0.1) is 0 Å². The van der Waals surface area contributed by atoms with Crippen LogP contribution >= 0.6 is 11.3 Å². The van der Waals surface area contributed by atoms with Gasteiger partial charge in [0.1, 0.15) is 0 Å². The van der Waals surface area contributed by atoms with E-state index >= 15 is 0 Å². The average molecular weight is 415 g/mol. The molecule has 148 valence electrons. The van der Waals surface area contributed by atoms with Crippen molar-refractivity contribution in [3.8, 4) is 10.4 Å². The summed E-state index contributed by atoms with van der Waals surface area (Å²) in [6.07, 6.45) is 0. The van der Waals surface area contributed by atoms with Gasteiger partial charge in [-0.25, -0.2) is 0 Å². The summed E-state index contributed by atoms with van der Waals surface area (Å²) < 4.78 is 0. The summed E-state index contributed by atoms with van der Waals surface area (Å²) >= 11 is 1.77. The molecule has 0 radical (unpaired) electrons. The van der Waals surface area contributed by atoms with Gasteiger partial charge in [-0.15, -0.1) is 11.3 Å². The van der Waals surface area contributed by atoms with E-state index in [9.17, 15) is 0 Å². The van der Waals surface area contributed by atoms with Gasteiger partial charge in [0.25, 0.3) is 0 Å². The topological polar surface area (TPSA) is 0 Å². The molecule has 4 aromatic carbocycles. The summed E-state index contributed by atoms with van der Waals surface area (Å²) in [5.74, 6) is 0. The Morgan fingerprint density at radius 3 is 1.19 bits per heavy atom. The number of hydrogen-bond acceptors (Lipinski definition) is 1. The second kappa shape index (κ2) is 8.99. The maximum atomic E-state index is 2.25. The van der Waals surface area contributed by atoms with Crippen molar-refractivity contribution >= 4 is 22.5 Å². The van der Waals surface area contributed by atoms with Gasteiger partial charge in [0.15, 0.2) is 0 Å². The fraction of sp³-hybridized carbons (Fsp3) is 0. The molecule has 0 unspecified atom stereocenters. The van der Waals surface area contributed by atoms with Gasteiger partial charge in [0.2, 0.25) is 0 Å². The first-order valence-electron chi connectivity index (χ1n) is 10.4. The normalized spacial score (nSPS) is 10.6. The van der Waals surface area contributed by atoms with Crippen LogP contribution in [0, 0.1) is 0 Å². The third-order valence-corrected chi connectivity index (χ3v) is 6.34. The highest BCUT2D eigenvalue weighted by Crippen LogP contribution is 2.37. The SMILES string of the molecule is c1ccc(C(=C(c2ccccc2)c2ccc(-c3cccs3)cc2)c2ccccc2)cc1. The molecule has 1 aromatic heterocycles. The molecule has 0 spiro atoms. The minimum atomic E-state index is 1.22. The van der Waals surface area contributed by atoms with Crippen LogP contribution < -0.4 is 0 Å². The van der Waals surface area contributed by atoms with E-state index in [1.54, 1.807) is 11.3 Å². The van der Waals surface area contributed by atoms with Crippen molar-refractivity contribution < 1.29 is 0 Å². The maximum absolute atomic E-state index is 2.25. The summed E-state index contributed by atoms with van der Waals surface area (Å²) in [6, 6.07) is 45.4. The predicted octanol–water partition coefficient (Wildman–Crippen LogP) is 8.42. The number of benzene rings is 4. The van der Waals surface area contributed by atoms with Gasteiger partial charge in [-0.2, -0.15) is 0 Å². The van der Waals surface area contributed by atoms with Crippen LogP contribution in [0.3, 0.4) is 0 Å². The molecule has 0 atom stereocenters. The highest BCUT2D eigenvalue weighted by atomic mass is 32.1. The molecule has 31 heavy (non-hydrogen) atoms. The zero-order valence-electron chi connectivity index (χ0n) is 17.1. The van der Waals surface area contributed by atoms with Gasteiger partial charge in [-0.05, 0) is 50.4 Å². The van der Waals surface area contributed by atoms with Crippen LogP contribution in [0.4, 0.5) is 0 Å². The maximum Gasteiger partial charge on any atom is 0.0342 e. The standard InChI is InChI=1S/C30H22S/c1-4-11-24(12-5-1)29(25-13-6-2-7-14-25)30(26-15-8-3-9-16-26)27-20-18-23(19-21-27)28-17-10-22-31-28/h1-22H. The van der Waals surface area contributed by atoms with Gasteiger partial charge in [0, 0.05) is 4.88 Å². The second-order valence-corrected chi connectivity index (χ2v) is 8.35. The molecule has 0 amide bonds. The monoisotopic (exact) mass is 414 g/mol. The van der Waals surface area contributed by atoms with E-state index in [0.717, 1.165) is 0 Å². The lowest BCUT2D eigenvalue weighted by Gasteiger charge is -2.18. The van der Waals surface area contributed by atoms with Crippen LogP contribution in [0.5, 0.6) is 0 Å². The van der Waals surface area contributed by atoms with Crippen molar-refractivity contribution in [2.24, 2.45) is 0 Å². The molecule has 5 rings (SSSR count). The molecule has 0 aliphatic heterocycles. The van der Waals surface area contributed by atoms with Crippen molar-refractivity contribution in [3.05, 3.63) is 155 Å². The van der Waals surface area contributed by atoms with Crippen molar-refractivity contribution in [2.75, 3.05) is 0 Å². The third-order valence-electron chi connectivity index (χ3n) is 5.42. The Kier molecular flexibility index (Phi) is 5.60. The number of hydrogen-bond donors (Lipinski definition) is 0. The third kappa shape index (κ3) is 4.14. The average Bonchev–Trinajstić information content (AvgIpc) is 3.39. The zero-order valence-corrected chi connectivity index (χ0v) is 17.9. The van der Waals surface area contributed by atoms with E-state index in [2.05, 4.69) is 133 Å². The molecule has 1 heteroatoms. The first-order valence-corrected chi connectivity index (χ1v) is 11.3. The predicted molar refractivity (Wildman–Crippen MR) is 134 cm³/mol.